The second-order valence-corrected chi connectivity index (χ2v) is 6.39. The first kappa shape index (κ1) is 17.1. The van der Waals surface area contributed by atoms with Crippen LogP contribution in [0.5, 0.6) is 17.2 Å². The van der Waals surface area contributed by atoms with Crippen LogP contribution in [-0.4, -0.2) is 22.5 Å². The van der Waals surface area contributed by atoms with E-state index in [1.54, 1.807) is 18.2 Å². The molecule has 0 amide bonds. The third kappa shape index (κ3) is 3.51. The fourth-order valence-electron chi connectivity index (χ4n) is 3.21. The molecule has 2 heterocycles. The Morgan fingerprint density at radius 3 is 2.70 bits per heavy atom. The van der Waals surface area contributed by atoms with Crippen molar-refractivity contribution in [3.8, 4) is 22.9 Å². The van der Waals surface area contributed by atoms with Crippen molar-refractivity contribution >= 4 is 5.97 Å². The Morgan fingerprint density at radius 2 is 1.89 bits per heavy atom. The second kappa shape index (κ2) is 7.15. The Bertz CT molecular complexity index is 979. The first-order valence-corrected chi connectivity index (χ1v) is 8.82. The lowest BCUT2D eigenvalue weighted by Gasteiger charge is -2.07. The van der Waals surface area contributed by atoms with Gasteiger partial charge < -0.3 is 14.2 Å². The number of nitrogens with zero attached hydrogens (tertiary/aromatic N) is 2. The van der Waals surface area contributed by atoms with Gasteiger partial charge in [0.2, 0.25) is 6.79 Å². The molecular formula is C21H20N2O4. The van der Waals surface area contributed by atoms with Gasteiger partial charge in [0, 0.05) is 11.8 Å². The van der Waals surface area contributed by atoms with Crippen molar-refractivity contribution < 1.29 is 19.0 Å². The van der Waals surface area contributed by atoms with E-state index in [0.717, 1.165) is 22.6 Å². The van der Waals surface area contributed by atoms with Crippen LogP contribution >= 0.6 is 0 Å². The molecule has 3 aromatic rings. The monoisotopic (exact) mass is 364 g/mol. The average Bonchev–Trinajstić information content (AvgIpc) is 3.25. The van der Waals surface area contributed by atoms with Crippen molar-refractivity contribution in [2.24, 2.45) is 0 Å². The molecule has 0 unspecified atom stereocenters. The van der Waals surface area contributed by atoms with E-state index in [2.05, 4.69) is 5.10 Å². The summed E-state index contributed by atoms with van der Waals surface area (Å²) >= 11 is 0. The highest BCUT2D eigenvalue weighted by molar-refractivity contribution is 5.73. The highest BCUT2D eigenvalue weighted by Crippen LogP contribution is 2.35. The summed E-state index contributed by atoms with van der Waals surface area (Å²) in [6, 6.07) is 15.1. The molecule has 0 atom stereocenters. The normalized spacial score (nSPS) is 12.2. The van der Waals surface area contributed by atoms with Gasteiger partial charge >= 0.3 is 5.97 Å². The van der Waals surface area contributed by atoms with Crippen LogP contribution in [0.1, 0.15) is 23.4 Å². The van der Waals surface area contributed by atoms with Gasteiger partial charge in [-0.2, -0.15) is 5.10 Å². The van der Waals surface area contributed by atoms with Crippen LogP contribution in [0.25, 0.3) is 5.69 Å². The number of hydrogen-bond donors (Lipinski definition) is 0. The van der Waals surface area contributed by atoms with Gasteiger partial charge in [-0.1, -0.05) is 18.2 Å². The number of hydrogen-bond acceptors (Lipinski definition) is 5. The molecule has 0 aliphatic carbocycles. The number of carbonyl (C=O) groups excluding carboxylic acids is 1. The van der Waals surface area contributed by atoms with Crippen LogP contribution in [0.3, 0.4) is 0 Å². The molecule has 6 nitrogen and oxygen atoms in total. The van der Waals surface area contributed by atoms with Crippen molar-refractivity contribution in [3.05, 3.63) is 65.5 Å². The number of para-hydroxylation sites is 1. The van der Waals surface area contributed by atoms with Crippen molar-refractivity contribution in [2.75, 3.05) is 6.79 Å². The van der Waals surface area contributed by atoms with Crippen LogP contribution < -0.4 is 14.2 Å². The van der Waals surface area contributed by atoms with Gasteiger partial charge in [-0.05, 0) is 50.1 Å². The summed E-state index contributed by atoms with van der Waals surface area (Å²) in [5.41, 5.74) is 4.04. The molecule has 1 aromatic heterocycles. The van der Waals surface area contributed by atoms with Gasteiger partial charge in [-0.15, -0.1) is 0 Å². The van der Waals surface area contributed by atoms with Crippen LogP contribution in [-0.2, 0) is 11.2 Å². The number of ether oxygens (including phenoxy) is 3. The molecule has 0 radical (unpaired) electrons. The molecule has 0 spiro atoms. The van der Waals surface area contributed by atoms with Gasteiger partial charge in [-0.3, -0.25) is 4.79 Å². The van der Waals surface area contributed by atoms with E-state index in [4.69, 9.17) is 14.2 Å². The quantitative estimate of drug-likeness (QED) is 0.510. The van der Waals surface area contributed by atoms with Gasteiger partial charge in [0.15, 0.2) is 11.5 Å². The van der Waals surface area contributed by atoms with E-state index in [1.165, 1.54) is 0 Å². The first-order valence-electron chi connectivity index (χ1n) is 8.82. The largest absolute Gasteiger partial charge is 0.454 e. The van der Waals surface area contributed by atoms with Gasteiger partial charge in [0.25, 0.3) is 0 Å². The fourth-order valence-corrected chi connectivity index (χ4v) is 3.21. The predicted octanol–water partition coefficient (Wildman–Crippen LogP) is 3.76. The summed E-state index contributed by atoms with van der Waals surface area (Å²) in [6.07, 6.45) is 0.852. The van der Waals surface area contributed by atoms with Crippen molar-refractivity contribution in [2.45, 2.75) is 26.7 Å². The SMILES string of the molecule is Cc1nn(-c2ccccc2)c(C)c1CCC(=O)Oc1ccc2c(c1)OCO2. The van der Waals surface area contributed by atoms with Gasteiger partial charge in [-0.25, -0.2) is 4.68 Å². The Morgan fingerprint density at radius 1 is 1.11 bits per heavy atom. The lowest BCUT2D eigenvalue weighted by molar-refractivity contribution is -0.134. The second-order valence-electron chi connectivity index (χ2n) is 6.39. The number of aryl methyl sites for hydroxylation is 1. The van der Waals surface area contributed by atoms with E-state index in [9.17, 15) is 4.79 Å². The molecule has 2 aromatic carbocycles. The molecule has 6 heteroatoms. The molecule has 1 aliphatic heterocycles. The zero-order chi connectivity index (χ0) is 18.8. The smallest absolute Gasteiger partial charge is 0.311 e. The van der Waals surface area contributed by atoms with Gasteiger partial charge in [0.1, 0.15) is 5.75 Å². The summed E-state index contributed by atoms with van der Waals surface area (Å²) in [6.45, 7) is 4.17. The van der Waals surface area contributed by atoms with Gasteiger partial charge in [0.05, 0.1) is 17.8 Å². The molecule has 0 bridgehead atoms. The minimum absolute atomic E-state index is 0.191. The molecule has 4 rings (SSSR count). The number of rotatable bonds is 5. The standard InChI is InChI=1S/C21H20N2O4/c1-14-18(15(2)23(22-14)16-6-4-3-5-7-16)9-11-21(24)27-17-8-10-19-20(12-17)26-13-25-19/h3-8,10,12H,9,11,13H2,1-2H3. The maximum absolute atomic E-state index is 12.3. The van der Waals surface area contributed by atoms with E-state index in [-0.39, 0.29) is 19.2 Å². The summed E-state index contributed by atoms with van der Waals surface area (Å²) < 4.78 is 17.9. The third-order valence-electron chi connectivity index (χ3n) is 4.60. The Kier molecular flexibility index (Phi) is 4.54. The number of benzene rings is 2. The summed E-state index contributed by atoms with van der Waals surface area (Å²) in [4.78, 5) is 12.3. The highest BCUT2D eigenvalue weighted by Gasteiger charge is 2.17. The molecule has 0 N–H and O–H groups in total. The predicted molar refractivity (Wildman–Crippen MR) is 99.6 cm³/mol. The summed E-state index contributed by atoms with van der Waals surface area (Å²) in [5, 5.41) is 4.62. The number of fused-ring (bicyclic) bond motifs is 1. The molecule has 138 valence electrons. The average molecular weight is 364 g/mol. The number of carbonyl (C=O) groups is 1. The summed E-state index contributed by atoms with van der Waals surface area (Å²) in [5.74, 6) is 1.42. The number of aromatic nitrogens is 2. The van der Waals surface area contributed by atoms with Crippen LogP contribution in [0.15, 0.2) is 48.5 Å². The Labute approximate surface area is 157 Å². The molecule has 0 saturated carbocycles. The summed E-state index contributed by atoms with van der Waals surface area (Å²) in [7, 11) is 0. The van der Waals surface area contributed by atoms with E-state index in [1.807, 2.05) is 48.9 Å². The highest BCUT2D eigenvalue weighted by atomic mass is 16.7. The Hall–Kier alpha value is -3.28. The molecular weight excluding hydrogens is 344 g/mol. The van der Waals surface area contributed by atoms with E-state index >= 15 is 0 Å². The number of esters is 1. The zero-order valence-corrected chi connectivity index (χ0v) is 15.3. The minimum atomic E-state index is -0.292. The van der Waals surface area contributed by atoms with Crippen LogP contribution in [0.2, 0.25) is 0 Å². The maximum Gasteiger partial charge on any atom is 0.311 e. The van der Waals surface area contributed by atoms with Crippen molar-refractivity contribution in [1.29, 1.82) is 0 Å². The molecule has 1 aliphatic rings. The molecule has 0 fully saturated rings. The van der Waals surface area contributed by atoms with Crippen molar-refractivity contribution in [3.63, 3.8) is 0 Å². The molecule has 27 heavy (non-hydrogen) atoms. The van der Waals surface area contributed by atoms with Crippen LogP contribution in [0.4, 0.5) is 0 Å². The van der Waals surface area contributed by atoms with Crippen LogP contribution in [0, 0.1) is 13.8 Å². The fraction of sp³-hybridized carbons (Fsp3) is 0.238. The zero-order valence-electron chi connectivity index (χ0n) is 15.3. The van der Waals surface area contributed by atoms with E-state index < -0.39 is 0 Å². The van der Waals surface area contributed by atoms with Crippen molar-refractivity contribution in [1.82, 2.24) is 9.78 Å². The minimum Gasteiger partial charge on any atom is -0.454 e. The third-order valence-corrected chi connectivity index (χ3v) is 4.60. The Balaban J connectivity index is 1.43. The lowest BCUT2D eigenvalue weighted by Crippen LogP contribution is -2.09. The lowest BCUT2D eigenvalue weighted by atomic mass is 10.1. The topological polar surface area (TPSA) is 62.6 Å². The van der Waals surface area contributed by atoms with E-state index in [0.29, 0.717) is 23.7 Å². The molecule has 0 saturated heterocycles. The maximum atomic E-state index is 12.3. The first-order chi connectivity index (χ1) is 13.1.